The van der Waals surface area contributed by atoms with Gasteiger partial charge in [0, 0.05) is 0 Å². The van der Waals surface area contributed by atoms with Crippen molar-refractivity contribution in [3.8, 4) is 0 Å². The molecule has 0 aliphatic carbocycles. The molecule has 0 aromatic heterocycles. The van der Waals surface area contributed by atoms with Crippen LogP contribution in [0.25, 0.3) is 0 Å². The molecule has 0 amide bonds. The van der Waals surface area contributed by atoms with Gasteiger partial charge < -0.3 is 4.74 Å². The first kappa shape index (κ1) is 13.1. The molecule has 0 unspecified atom stereocenters. The largest absolute Gasteiger partial charge is 0.314 e. The third-order valence-electron chi connectivity index (χ3n) is 0.675. The molecule has 0 spiro atoms. The molecule has 0 bridgehead atoms. The molecule has 0 atom stereocenters. The lowest BCUT2D eigenvalue weighted by atomic mass is 10.8. The number of ether oxygens (including phenoxy) is 1. The molecular formula is C3H3F4OS4. The second kappa shape index (κ2) is 6.52. The third-order valence-corrected chi connectivity index (χ3v) is 2.58. The summed E-state index contributed by atoms with van der Waals surface area (Å²) in [6, 6.07) is 0. The summed E-state index contributed by atoms with van der Waals surface area (Å²) in [5, 5.41) is 0. The van der Waals surface area contributed by atoms with E-state index in [-0.39, 0.29) is 0 Å². The van der Waals surface area contributed by atoms with Crippen molar-refractivity contribution in [1.29, 1.82) is 0 Å². The summed E-state index contributed by atoms with van der Waals surface area (Å²) in [6.07, 6.45) is 0. The van der Waals surface area contributed by atoms with Crippen molar-refractivity contribution in [1.82, 2.24) is 0 Å². The first-order valence-electron chi connectivity index (χ1n) is 2.34. The van der Waals surface area contributed by atoms with Gasteiger partial charge in [-0.1, -0.05) is 0 Å². The zero-order chi connectivity index (χ0) is 9.61. The van der Waals surface area contributed by atoms with Gasteiger partial charge >= 0.3 is 0 Å². The molecule has 0 saturated heterocycles. The Balaban J connectivity index is 3.99. The summed E-state index contributed by atoms with van der Waals surface area (Å²) in [7, 11) is 0. The normalized spacial score (nSPS) is 12.5. The van der Waals surface area contributed by atoms with Gasteiger partial charge in [-0.05, 0) is 6.92 Å². The molecule has 0 aliphatic rings. The standard InChI is InChI=1S/C3H3F4OS4/c1-3(11-6,12-7)8-2(9-4)10-5/h1H3. The first-order valence-corrected chi connectivity index (χ1v) is 5.21. The van der Waals surface area contributed by atoms with Crippen LogP contribution in [0.2, 0.25) is 0 Å². The second-order valence-electron chi connectivity index (χ2n) is 1.52. The molecule has 0 rings (SSSR count). The van der Waals surface area contributed by atoms with Gasteiger partial charge in [-0.2, -0.15) is 15.5 Å². The van der Waals surface area contributed by atoms with Crippen molar-refractivity contribution in [3.63, 3.8) is 0 Å². The highest BCUT2D eigenvalue weighted by atomic mass is 32.2. The van der Waals surface area contributed by atoms with E-state index in [0.717, 1.165) is 6.92 Å². The maximum Gasteiger partial charge on any atom is 0.277 e. The minimum absolute atomic E-state index is 0.484. The Morgan fingerprint density at radius 3 is 1.75 bits per heavy atom. The predicted octanol–water partition coefficient (Wildman–Crippen LogP) is 4.59. The van der Waals surface area contributed by atoms with E-state index in [1.807, 2.05) is 0 Å². The highest BCUT2D eigenvalue weighted by Crippen LogP contribution is 2.47. The molecule has 0 heterocycles. The van der Waals surface area contributed by atoms with Crippen molar-refractivity contribution in [2.24, 2.45) is 0 Å². The number of rotatable bonds is 6. The Hall–Kier alpha value is 1.08. The van der Waals surface area contributed by atoms with Gasteiger partial charge in [-0.15, -0.1) is 0 Å². The molecule has 0 aromatic rings. The lowest BCUT2D eigenvalue weighted by Crippen LogP contribution is -2.17. The summed E-state index contributed by atoms with van der Waals surface area (Å²) in [5.41, 5.74) is 0. The van der Waals surface area contributed by atoms with E-state index in [1.165, 1.54) is 0 Å². The molecule has 1 radical (unpaired) electrons. The number of hydrogen-bond donors (Lipinski definition) is 0. The average Bonchev–Trinajstić information content (AvgIpc) is 2.14. The maximum absolute atomic E-state index is 11.9. The smallest absolute Gasteiger partial charge is 0.277 e. The van der Waals surface area contributed by atoms with Crippen molar-refractivity contribution >= 4 is 48.6 Å². The minimum atomic E-state index is -1.95. The zero-order valence-electron chi connectivity index (χ0n) is 5.55. The van der Waals surface area contributed by atoms with Crippen LogP contribution in [0, 0.1) is 4.77 Å². The topological polar surface area (TPSA) is 9.23 Å². The van der Waals surface area contributed by atoms with Crippen LogP contribution < -0.4 is 0 Å². The fraction of sp³-hybridized carbons (Fsp3) is 0.667. The predicted molar refractivity (Wildman–Crippen MR) is 47.5 cm³/mol. The molecule has 0 aromatic carbocycles. The SMILES string of the molecule is CC(O[C](SF)SF)(SF)SF. The van der Waals surface area contributed by atoms with Crippen LogP contribution >= 0.6 is 48.6 Å². The average molecular weight is 259 g/mol. The summed E-state index contributed by atoms with van der Waals surface area (Å²) in [6.45, 7) is 1.01. The monoisotopic (exact) mass is 259 g/mol. The molecule has 73 valence electrons. The number of halogens is 4. The Labute approximate surface area is 84.9 Å². The Morgan fingerprint density at radius 2 is 1.50 bits per heavy atom. The van der Waals surface area contributed by atoms with Gasteiger partial charge in [0.25, 0.3) is 4.77 Å². The Kier molecular flexibility index (Phi) is 7.11. The zero-order valence-corrected chi connectivity index (χ0v) is 8.82. The molecule has 0 N–H and O–H groups in total. The van der Waals surface area contributed by atoms with E-state index in [9.17, 15) is 15.5 Å². The van der Waals surface area contributed by atoms with Crippen molar-refractivity contribution in [2.45, 2.75) is 11.2 Å². The molecule has 9 heteroatoms. The summed E-state index contributed by atoms with van der Waals surface area (Å²) >= 11 is -2.07. The Bertz CT molecular complexity index is 119. The van der Waals surface area contributed by atoms with E-state index >= 15 is 0 Å². The minimum Gasteiger partial charge on any atom is -0.314 e. The second-order valence-corrected chi connectivity index (χ2v) is 4.96. The van der Waals surface area contributed by atoms with Crippen molar-refractivity contribution in [3.05, 3.63) is 4.77 Å². The molecule has 0 fully saturated rings. The quantitative estimate of drug-likeness (QED) is 0.508. The highest BCUT2D eigenvalue weighted by Gasteiger charge is 2.35. The van der Waals surface area contributed by atoms with E-state index in [0.29, 0.717) is 0 Å². The molecular weight excluding hydrogens is 256 g/mol. The lowest BCUT2D eigenvalue weighted by molar-refractivity contribution is 0.172. The fourth-order valence-electron chi connectivity index (χ4n) is 0.238. The Morgan fingerprint density at radius 1 is 1.08 bits per heavy atom. The van der Waals surface area contributed by atoms with E-state index in [2.05, 4.69) is 4.74 Å². The van der Waals surface area contributed by atoms with E-state index < -0.39 is 57.6 Å². The molecule has 1 nitrogen and oxygen atoms in total. The van der Waals surface area contributed by atoms with Crippen LogP contribution in [0.4, 0.5) is 15.5 Å². The van der Waals surface area contributed by atoms with E-state index in [4.69, 9.17) is 0 Å². The summed E-state index contributed by atoms with van der Waals surface area (Å²) < 4.78 is 48.8. The first-order chi connectivity index (χ1) is 5.61. The molecule has 12 heavy (non-hydrogen) atoms. The van der Waals surface area contributed by atoms with Gasteiger partial charge in [-0.3, -0.25) is 0 Å². The van der Waals surface area contributed by atoms with Crippen LogP contribution in [-0.2, 0) is 4.74 Å². The lowest BCUT2D eigenvalue weighted by Gasteiger charge is -2.20. The maximum atomic E-state index is 11.9. The molecule has 0 saturated carbocycles. The van der Waals surface area contributed by atoms with Gasteiger partial charge in [0.05, 0.1) is 48.6 Å². The van der Waals surface area contributed by atoms with Crippen molar-refractivity contribution in [2.75, 3.05) is 0 Å². The van der Waals surface area contributed by atoms with Crippen LogP contribution in [0.5, 0.6) is 0 Å². The summed E-state index contributed by atoms with van der Waals surface area (Å²) in [5.74, 6) is 0. The highest BCUT2D eigenvalue weighted by molar-refractivity contribution is 8.16. The van der Waals surface area contributed by atoms with Crippen LogP contribution in [0.1, 0.15) is 6.92 Å². The third kappa shape index (κ3) is 4.35. The van der Waals surface area contributed by atoms with Gasteiger partial charge in [0.2, 0.25) is 4.27 Å². The summed E-state index contributed by atoms with van der Waals surface area (Å²) in [4.78, 5) is 0. The van der Waals surface area contributed by atoms with Crippen LogP contribution in [0.15, 0.2) is 0 Å². The van der Waals surface area contributed by atoms with Gasteiger partial charge in [0.1, 0.15) is 0 Å². The van der Waals surface area contributed by atoms with Crippen LogP contribution in [0.3, 0.4) is 0 Å². The van der Waals surface area contributed by atoms with Crippen LogP contribution in [-0.4, -0.2) is 4.27 Å². The molecule has 0 aliphatic heterocycles. The number of hydrogen-bond acceptors (Lipinski definition) is 5. The van der Waals surface area contributed by atoms with E-state index in [1.54, 1.807) is 0 Å². The fourth-order valence-corrected chi connectivity index (χ4v) is 1.27. The van der Waals surface area contributed by atoms with Gasteiger partial charge in [-0.25, -0.2) is 0 Å². The van der Waals surface area contributed by atoms with Gasteiger partial charge in [0.15, 0.2) is 0 Å². The van der Waals surface area contributed by atoms with Crippen molar-refractivity contribution < 1.29 is 20.3 Å².